The first kappa shape index (κ1) is 20.1. The van der Waals surface area contributed by atoms with Crippen LogP contribution < -0.4 is 10.2 Å². The molecule has 0 radical (unpaired) electrons. The summed E-state index contributed by atoms with van der Waals surface area (Å²) in [5, 5.41) is 3.83. The molecule has 0 bridgehead atoms. The molecule has 0 saturated carbocycles. The minimum atomic E-state index is 0.117. The van der Waals surface area contributed by atoms with Gasteiger partial charge in [0, 0.05) is 37.6 Å². The molecule has 3 rings (SSSR count). The number of anilines is 1. The van der Waals surface area contributed by atoms with E-state index in [4.69, 9.17) is 11.6 Å². The number of hydrogen-bond donors (Lipinski definition) is 1. The van der Waals surface area contributed by atoms with E-state index in [1.807, 2.05) is 36.0 Å². The molecule has 1 aliphatic heterocycles. The maximum Gasteiger partial charge on any atom is 0.234 e. The highest BCUT2D eigenvalue weighted by molar-refractivity contribution is 7.99. The van der Waals surface area contributed by atoms with E-state index < -0.39 is 0 Å². The molecule has 0 unspecified atom stereocenters. The van der Waals surface area contributed by atoms with Crippen molar-refractivity contribution in [2.45, 2.75) is 11.3 Å². The first-order valence-corrected chi connectivity index (χ1v) is 10.7. The van der Waals surface area contributed by atoms with Crippen LogP contribution in [0.4, 0.5) is 5.69 Å². The summed E-state index contributed by atoms with van der Waals surface area (Å²) < 4.78 is 0. The third kappa shape index (κ3) is 6.45. The van der Waals surface area contributed by atoms with Crippen molar-refractivity contribution in [1.82, 2.24) is 10.2 Å². The fourth-order valence-electron chi connectivity index (χ4n) is 3.12. The molecule has 2 aromatic carbocycles. The van der Waals surface area contributed by atoms with Crippen molar-refractivity contribution in [3.8, 4) is 0 Å². The Labute approximate surface area is 170 Å². The quantitative estimate of drug-likeness (QED) is 0.537. The molecule has 6 heteroatoms. The van der Waals surface area contributed by atoms with Crippen LogP contribution in [0, 0.1) is 0 Å². The number of rotatable bonds is 8. The van der Waals surface area contributed by atoms with Gasteiger partial charge in [-0.25, -0.2) is 0 Å². The average Bonchev–Trinajstić information content (AvgIpc) is 2.70. The predicted molar refractivity (Wildman–Crippen MR) is 115 cm³/mol. The molecule has 0 spiro atoms. The molecule has 27 heavy (non-hydrogen) atoms. The van der Waals surface area contributed by atoms with E-state index in [0.717, 1.165) is 55.6 Å². The van der Waals surface area contributed by atoms with Gasteiger partial charge < -0.3 is 10.2 Å². The van der Waals surface area contributed by atoms with Gasteiger partial charge in [-0.05, 0) is 36.4 Å². The Morgan fingerprint density at radius 1 is 1.00 bits per heavy atom. The molecular weight excluding hydrogens is 378 g/mol. The van der Waals surface area contributed by atoms with Crippen molar-refractivity contribution in [1.29, 1.82) is 0 Å². The summed E-state index contributed by atoms with van der Waals surface area (Å²) in [4.78, 5) is 17.9. The number of hydrogen-bond acceptors (Lipinski definition) is 4. The van der Waals surface area contributed by atoms with Crippen LogP contribution in [0.25, 0.3) is 0 Å². The topological polar surface area (TPSA) is 35.6 Å². The first-order chi connectivity index (χ1) is 13.2. The standard InChI is InChI=1S/C21H26ClN3OS/c22-19-9-4-5-10-20(19)25-14-12-24(13-15-25)17-21(26)23-11-6-16-27-18-7-2-1-3-8-18/h1-5,7-10H,6,11-17H2,(H,23,26). The second kappa shape index (κ2) is 10.6. The average molecular weight is 404 g/mol. The lowest BCUT2D eigenvalue weighted by Crippen LogP contribution is -2.49. The fraction of sp³-hybridized carbons (Fsp3) is 0.381. The lowest BCUT2D eigenvalue weighted by Gasteiger charge is -2.36. The molecule has 1 fully saturated rings. The number of para-hydroxylation sites is 1. The minimum absolute atomic E-state index is 0.117. The van der Waals surface area contributed by atoms with Crippen LogP contribution in [0.2, 0.25) is 5.02 Å². The first-order valence-electron chi connectivity index (χ1n) is 9.39. The Morgan fingerprint density at radius 3 is 2.44 bits per heavy atom. The summed E-state index contributed by atoms with van der Waals surface area (Å²) >= 11 is 8.11. The molecule has 4 nitrogen and oxygen atoms in total. The largest absolute Gasteiger partial charge is 0.368 e. The highest BCUT2D eigenvalue weighted by atomic mass is 35.5. The Balaban J connectivity index is 1.30. The predicted octanol–water partition coefficient (Wildman–Crippen LogP) is 3.76. The van der Waals surface area contributed by atoms with E-state index in [1.54, 1.807) is 0 Å². The highest BCUT2D eigenvalue weighted by Crippen LogP contribution is 2.25. The molecule has 0 atom stereocenters. The van der Waals surface area contributed by atoms with Crippen LogP contribution >= 0.6 is 23.4 Å². The summed E-state index contributed by atoms with van der Waals surface area (Å²) in [5.41, 5.74) is 1.08. The molecule has 1 N–H and O–H groups in total. The molecule has 144 valence electrons. The van der Waals surface area contributed by atoms with E-state index in [0.29, 0.717) is 6.54 Å². The van der Waals surface area contributed by atoms with E-state index in [1.165, 1.54) is 4.90 Å². The number of piperazine rings is 1. The van der Waals surface area contributed by atoms with Gasteiger partial charge in [0.25, 0.3) is 0 Å². The summed E-state index contributed by atoms with van der Waals surface area (Å²) in [5.74, 6) is 1.13. The van der Waals surface area contributed by atoms with Gasteiger partial charge in [-0.3, -0.25) is 9.69 Å². The van der Waals surface area contributed by atoms with Gasteiger partial charge in [0.1, 0.15) is 0 Å². The Morgan fingerprint density at radius 2 is 1.70 bits per heavy atom. The van der Waals surface area contributed by atoms with Crippen molar-refractivity contribution in [3.63, 3.8) is 0 Å². The van der Waals surface area contributed by atoms with Gasteiger partial charge in [0.05, 0.1) is 17.3 Å². The number of carbonyl (C=O) groups excluding carboxylic acids is 1. The second-order valence-corrected chi connectivity index (χ2v) is 8.16. The lowest BCUT2D eigenvalue weighted by molar-refractivity contribution is -0.122. The van der Waals surface area contributed by atoms with Crippen molar-refractivity contribution < 1.29 is 4.79 Å². The van der Waals surface area contributed by atoms with Crippen molar-refractivity contribution >= 4 is 35.0 Å². The third-order valence-electron chi connectivity index (χ3n) is 4.59. The zero-order chi connectivity index (χ0) is 18.9. The zero-order valence-corrected chi connectivity index (χ0v) is 17.0. The number of thioether (sulfide) groups is 1. The normalized spacial score (nSPS) is 14.9. The maximum atomic E-state index is 12.2. The summed E-state index contributed by atoms with van der Waals surface area (Å²) in [6.07, 6.45) is 0.978. The summed E-state index contributed by atoms with van der Waals surface area (Å²) in [7, 11) is 0. The van der Waals surface area contributed by atoms with Crippen LogP contribution in [0.1, 0.15) is 6.42 Å². The smallest absolute Gasteiger partial charge is 0.234 e. The fourth-order valence-corrected chi connectivity index (χ4v) is 4.25. The molecule has 1 aliphatic rings. The van der Waals surface area contributed by atoms with Gasteiger partial charge in [0.15, 0.2) is 0 Å². The van der Waals surface area contributed by atoms with Crippen LogP contribution in [0.3, 0.4) is 0 Å². The Bertz CT molecular complexity index is 720. The van der Waals surface area contributed by atoms with Crippen LogP contribution in [0.5, 0.6) is 0 Å². The van der Waals surface area contributed by atoms with E-state index >= 15 is 0 Å². The lowest BCUT2D eigenvalue weighted by atomic mass is 10.2. The van der Waals surface area contributed by atoms with E-state index in [9.17, 15) is 4.79 Å². The number of carbonyl (C=O) groups is 1. The molecule has 1 amide bonds. The van der Waals surface area contributed by atoms with E-state index in [-0.39, 0.29) is 5.91 Å². The molecule has 0 aliphatic carbocycles. The van der Waals surface area contributed by atoms with Crippen molar-refractivity contribution in [2.75, 3.05) is 49.9 Å². The molecule has 1 heterocycles. The Kier molecular flexibility index (Phi) is 7.87. The minimum Gasteiger partial charge on any atom is -0.368 e. The third-order valence-corrected chi connectivity index (χ3v) is 6.01. The van der Waals surface area contributed by atoms with Gasteiger partial charge in [-0.2, -0.15) is 0 Å². The van der Waals surface area contributed by atoms with Crippen molar-refractivity contribution in [2.24, 2.45) is 0 Å². The van der Waals surface area contributed by atoms with Crippen molar-refractivity contribution in [3.05, 3.63) is 59.6 Å². The van der Waals surface area contributed by atoms with Gasteiger partial charge in [0.2, 0.25) is 5.91 Å². The molecule has 0 aromatic heterocycles. The number of nitrogens with one attached hydrogen (secondary N) is 1. The second-order valence-electron chi connectivity index (χ2n) is 6.58. The van der Waals surface area contributed by atoms with Gasteiger partial charge >= 0.3 is 0 Å². The monoisotopic (exact) mass is 403 g/mol. The number of nitrogens with zero attached hydrogens (tertiary/aromatic N) is 2. The summed E-state index contributed by atoms with van der Waals surface area (Å²) in [6.45, 7) is 4.75. The molecule has 1 saturated heterocycles. The maximum absolute atomic E-state index is 12.2. The van der Waals surface area contributed by atoms with Crippen LogP contribution in [0.15, 0.2) is 59.5 Å². The Hall–Kier alpha value is -1.69. The van der Waals surface area contributed by atoms with Crippen LogP contribution in [-0.2, 0) is 4.79 Å². The molecule has 2 aromatic rings. The van der Waals surface area contributed by atoms with Crippen LogP contribution in [-0.4, -0.2) is 55.8 Å². The highest BCUT2D eigenvalue weighted by Gasteiger charge is 2.20. The van der Waals surface area contributed by atoms with Gasteiger partial charge in [-0.1, -0.05) is 41.9 Å². The van der Waals surface area contributed by atoms with Gasteiger partial charge in [-0.15, -0.1) is 11.8 Å². The SMILES string of the molecule is O=C(CN1CCN(c2ccccc2Cl)CC1)NCCCSc1ccccc1. The number of benzene rings is 2. The zero-order valence-electron chi connectivity index (χ0n) is 15.4. The molecular formula is C21H26ClN3OS. The van der Waals surface area contributed by atoms with E-state index in [2.05, 4.69) is 45.4 Å². The summed E-state index contributed by atoms with van der Waals surface area (Å²) in [6, 6.07) is 18.3. The number of halogens is 1. The number of amides is 1.